The van der Waals surface area contributed by atoms with Crippen LogP contribution in [0.5, 0.6) is 0 Å². The summed E-state index contributed by atoms with van der Waals surface area (Å²) in [4.78, 5) is 29.6. The summed E-state index contributed by atoms with van der Waals surface area (Å²) in [6.45, 7) is 2.05. The second-order valence-corrected chi connectivity index (χ2v) is 7.86. The summed E-state index contributed by atoms with van der Waals surface area (Å²) in [5, 5.41) is 5.79. The molecule has 3 amide bonds. The summed E-state index contributed by atoms with van der Waals surface area (Å²) in [6, 6.07) is 18.8. The van der Waals surface area contributed by atoms with Crippen molar-refractivity contribution in [1.29, 1.82) is 0 Å². The summed E-state index contributed by atoms with van der Waals surface area (Å²) in [5.41, 5.74) is 3.23. The van der Waals surface area contributed by atoms with Gasteiger partial charge in [0.2, 0.25) is 0 Å². The zero-order chi connectivity index (χ0) is 21.2. The highest BCUT2D eigenvalue weighted by Crippen LogP contribution is 2.39. The first kappa shape index (κ1) is 19.2. The largest absolute Gasteiger partial charge is 0.467 e. The molecule has 1 fully saturated rings. The van der Waals surface area contributed by atoms with Crippen molar-refractivity contribution in [1.82, 2.24) is 5.32 Å². The van der Waals surface area contributed by atoms with E-state index in [4.69, 9.17) is 4.42 Å². The van der Waals surface area contributed by atoms with Crippen LogP contribution in [0.4, 0.5) is 21.9 Å². The second kappa shape index (κ2) is 8.18. The van der Waals surface area contributed by atoms with Crippen molar-refractivity contribution in [3.8, 4) is 0 Å². The maximum absolute atomic E-state index is 13.1. The van der Waals surface area contributed by atoms with Crippen LogP contribution in [-0.4, -0.2) is 31.1 Å². The van der Waals surface area contributed by atoms with Crippen molar-refractivity contribution in [2.75, 3.05) is 28.2 Å². The van der Waals surface area contributed by atoms with E-state index in [0.29, 0.717) is 36.1 Å². The number of para-hydroxylation sites is 2. The van der Waals surface area contributed by atoms with Gasteiger partial charge >= 0.3 is 6.03 Å². The minimum absolute atomic E-state index is 0.158. The molecule has 1 atom stereocenters. The van der Waals surface area contributed by atoms with Gasteiger partial charge in [0, 0.05) is 30.4 Å². The van der Waals surface area contributed by atoms with E-state index in [1.807, 2.05) is 29.2 Å². The summed E-state index contributed by atoms with van der Waals surface area (Å²) < 4.78 is 5.22. The van der Waals surface area contributed by atoms with Crippen LogP contribution >= 0.6 is 0 Å². The van der Waals surface area contributed by atoms with Crippen LogP contribution in [0.15, 0.2) is 71.3 Å². The van der Waals surface area contributed by atoms with Crippen molar-refractivity contribution in [3.63, 3.8) is 0 Å². The Morgan fingerprint density at radius 1 is 1.00 bits per heavy atom. The molecule has 3 aromatic rings. The van der Waals surface area contributed by atoms with E-state index in [9.17, 15) is 9.59 Å². The van der Waals surface area contributed by atoms with Gasteiger partial charge in [-0.3, -0.25) is 9.69 Å². The molecular weight excluding hydrogens is 392 g/mol. The topological polar surface area (TPSA) is 77.8 Å². The van der Waals surface area contributed by atoms with Gasteiger partial charge in [-0.05, 0) is 61.4 Å². The van der Waals surface area contributed by atoms with Gasteiger partial charge in [0.1, 0.15) is 5.76 Å². The molecule has 0 bridgehead atoms. The number of carbonyl (C=O) groups excluding carboxylic acids is 2. The third-order valence-corrected chi connectivity index (χ3v) is 5.90. The average Bonchev–Trinajstić information content (AvgIpc) is 3.49. The molecule has 2 N–H and O–H groups in total. The smallest absolute Gasteiger partial charge is 0.326 e. The van der Waals surface area contributed by atoms with Crippen LogP contribution in [0.25, 0.3) is 0 Å². The summed E-state index contributed by atoms with van der Waals surface area (Å²) in [5.74, 6) is 0.500. The number of fused-ring (bicyclic) bond motifs is 3. The number of nitrogens with zero attached hydrogens (tertiary/aromatic N) is 2. The number of amides is 3. The van der Waals surface area contributed by atoms with Crippen molar-refractivity contribution < 1.29 is 14.0 Å². The minimum atomic E-state index is -0.194. The van der Waals surface area contributed by atoms with Gasteiger partial charge in [0.25, 0.3) is 5.91 Å². The van der Waals surface area contributed by atoms with Gasteiger partial charge < -0.3 is 20.0 Å². The number of benzene rings is 2. The van der Waals surface area contributed by atoms with Crippen LogP contribution < -0.4 is 20.4 Å². The summed E-state index contributed by atoms with van der Waals surface area (Å²) in [7, 11) is 0. The van der Waals surface area contributed by atoms with Crippen molar-refractivity contribution in [2.24, 2.45) is 0 Å². The van der Waals surface area contributed by atoms with Gasteiger partial charge in [-0.2, -0.15) is 0 Å². The van der Waals surface area contributed by atoms with Crippen LogP contribution in [0.1, 0.15) is 29.0 Å². The highest BCUT2D eigenvalue weighted by atomic mass is 16.3. The third kappa shape index (κ3) is 3.86. The summed E-state index contributed by atoms with van der Waals surface area (Å²) >= 11 is 0. The van der Waals surface area contributed by atoms with E-state index in [1.54, 1.807) is 36.6 Å². The SMILES string of the molecule is O=C(NCc1ccco1)c1ccc(NC(=O)N2CC3CCCN3c3ccccc32)cc1. The predicted octanol–water partition coefficient (Wildman–Crippen LogP) is 4.23. The minimum Gasteiger partial charge on any atom is -0.467 e. The lowest BCUT2D eigenvalue weighted by molar-refractivity contribution is 0.0948. The number of anilines is 3. The molecule has 1 saturated heterocycles. The van der Waals surface area contributed by atoms with Crippen molar-refractivity contribution >= 4 is 29.0 Å². The molecule has 7 nitrogen and oxygen atoms in total. The number of hydrogen-bond acceptors (Lipinski definition) is 4. The van der Waals surface area contributed by atoms with Gasteiger partial charge in [-0.15, -0.1) is 0 Å². The molecule has 31 heavy (non-hydrogen) atoms. The molecule has 2 aliphatic rings. The lowest BCUT2D eigenvalue weighted by Gasteiger charge is -2.40. The van der Waals surface area contributed by atoms with Crippen LogP contribution in [0.3, 0.4) is 0 Å². The Morgan fingerprint density at radius 3 is 2.58 bits per heavy atom. The number of urea groups is 1. The van der Waals surface area contributed by atoms with Gasteiger partial charge in [0.05, 0.1) is 24.2 Å². The predicted molar refractivity (Wildman–Crippen MR) is 119 cm³/mol. The maximum Gasteiger partial charge on any atom is 0.326 e. The van der Waals surface area contributed by atoms with E-state index in [2.05, 4.69) is 21.6 Å². The Balaban J connectivity index is 1.25. The van der Waals surface area contributed by atoms with E-state index in [-0.39, 0.29) is 11.9 Å². The number of carbonyl (C=O) groups is 2. The fourth-order valence-electron chi connectivity index (χ4n) is 4.36. The molecule has 2 aromatic carbocycles. The quantitative estimate of drug-likeness (QED) is 0.667. The highest BCUT2D eigenvalue weighted by molar-refractivity contribution is 6.05. The molecule has 0 spiro atoms. The van der Waals surface area contributed by atoms with Crippen molar-refractivity contribution in [2.45, 2.75) is 25.4 Å². The highest BCUT2D eigenvalue weighted by Gasteiger charge is 2.36. The Bertz CT molecular complexity index is 1080. The third-order valence-electron chi connectivity index (χ3n) is 5.90. The zero-order valence-corrected chi connectivity index (χ0v) is 17.1. The molecule has 0 saturated carbocycles. The van der Waals surface area contributed by atoms with E-state index < -0.39 is 0 Å². The molecular formula is C24H24N4O3. The first-order valence-electron chi connectivity index (χ1n) is 10.5. The Labute approximate surface area is 180 Å². The standard InChI is InChI=1S/C24H24N4O3/c29-23(25-15-20-6-4-14-31-20)17-9-11-18(12-10-17)26-24(30)28-16-19-5-3-13-27(19)21-7-1-2-8-22(21)28/h1-2,4,6-12,14,19H,3,5,13,15-16H2,(H,25,29)(H,26,30). The fourth-order valence-corrected chi connectivity index (χ4v) is 4.36. The first-order chi connectivity index (χ1) is 15.2. The molecule has 7 heteroatoms. The molecule has 1 unspecified atom stereocenters. The molecule has 158 valence electrons. The molecule has 2 aliphatic heterocycles. The fraction of sp³-hybridized carbons (Fsp3) is 0.250. The Morgan fingerprint density at radius 2 is 1.81 bits per heavy atom. The normalized spacial score (nSPS) is 17.1. The maximum atomic E-state index is 13.1. The second-order valence-electron chi connectivity index (χ2n) is 7.86. The monoisotopic (exact) mass is 416 g/mol. The van der Waals surface area contributed by atoms with Crippen LogP contribution in [-0.2, 0) is 6.54 Å². The van der Waals surface area contributed by atoms with Gasteiger partial charge in [-0.1, -0.05) is 12.1 Å². The number of hydrogen-bond donors (Lipinski definition) is 2. The number of rotatable bonds is 4. The zero-order valence-electron chi connectivity index (χ0n) is 17.1. The average molecular weight is 416 g/mol. The van der Waals surface area contributed by atoms with Crippen LogP contribution in [0, 0.1) is 0 Å². The molecule has 0 radical (unpaired) electrons. The molecule has 0 aliphatic carbocycles. The first-order valence-corrected chi connectivity index (χ1v) is 10.5. The molecule has 5 rings (SSSR count). The van der Waals surface area contributed by atoms with Crippen LogP contribution in [0.2, 0.25) is 0 Å². The van der Waals surface area contributed by atoms with Gasteiger partial charge in [-0.25, -0.2) is 4.79 Å². The van der Waals surface area contributed by atoms with E-state index in [1.165, 1.54) is 0 Å². The molecule has 3 heterocycles. The molecule has 1 aromatic heterocycles. The summed E-state index contributed by atoms with van der Waals surface area (Å²) in [6.07, 6.45) is 3.82. The lowest BCUT2D eigenvalue weighted by Crippen LogP contribution is -2.49. The number of furan rings is 1. The van der Waals surface area contributed by atoms with E-state index >= 15 is 0 Å². The van der Waals surface area contributed by atoms with Gasteiger partial charge in [0.15, 0.2) is 0 Å². The number of nitrogens with one attached hydrogen (secondary N) is 2. The van der Waals surface area contributed by atoms with E-state index in [0.717, 1.165) is 30.8 Å². The Hall–Kier alpha value is -3.74. The Kier molecular flexibility index (Phi) is 5.08. The van der Waals surface area contributed by atoms with Crippen molar-refractivity contribution in [3.05, 3.63) is 78.3 Å². The lowest BCUT2D eigenvalue weighted by atomic mass is 10.1.